The van der Waals surface area contributed by atoms with Crippen LogP contribution in [0.4, 0.5) is 0 Å². The molecule has 64 heavy (non-hydrogen) atoms. The van der Waals surface area contributed by atoms with Crippen molar-refractivity contribution in [3.63, 3.8) is 0 Å². The van der Waals surface area contributed by atoms with Crippen molar-refractivity contribution in [2.45, 2.75) is 74.3 Å². The number of rotatable bonds is 15. The van der Waals surface area contributed by atoms with Gasteiger partial charge in [0.15, 0.2) is 0 Å². The van der Waals surface area contributed by atoms with Crippen LogP contribution in [-0.4, -0.2) is 11.7 Å². The summed E-state index contributed by atoms with van der Waals surface area (Å²) in [6.07, 6.45) is 19.1. The van der Waals surface area contributed by atoms with Gasteiger partial charge in [-0.2, -0.15) is 0 Å². The third kappa shape index (κ3) is 8.24. The van der Waals surface area contributed by atoms with E-state index in [2.05, 4.69) is 256 Å². The van der Waals surface area contributed by atoms with Crippen LogP contribution >= 0.6 is 45.2 Å². The summed E-state index contributed by atoms with van der Waals surface area (Å²) in [6, 6.07) is 65.9. The molecule has 0 saturated heterocycles. The SMILES string of the molecule is IC=CC(OC(c1ccccc1)(c1ccccc1)c1ccccc1)(/C(I)=C\C(OC(c1ccccc1)(c1ccccc1)c1ccccc1)C1CC=CCC1)C1[C@H]2CC3CC(C[C@H]1C3)C2. The molecule has 5 aliphatic carbocycles. The maximum absolute atomic E-state index is 8.65. The summed E-state index contributed by atoms with van der Waals surface area (Å²) in [5, 5.41) is 0. The number of ether oxygens (including phenoxy) is 2. The molecule has 3 atom stereocenters. The van der Waals surface area contributed by atoms with E-state index in [0.29, 0.717) is 17.8 Å². The van der Waals surface area contributed by atoms with E-state index in [9.17, 15) is 0 Å². The Morgan fingerprint density at radius 2 is 0.906 bits per heavy atom. The van der Waals surface area contributed by atoms with Gasteiger partial charge in [-0.15, -0.1) is 0 Å². The molecule has 0 heterocycles. The van der Waals surface area contributed by atoms with Gasteiger partial charge in [0.05, 0.1) is 6.10 Å². The molecule has 6 aromatic rings. The highest BCUT2D eigenvalue weighted by atomic mass is 127. The van der Waals surface area contributed by atoms with Crippen LogP contribution in [0.15, 0.2) is 214 Å². The Bertz CT molecular complexity index is 2300. The molecular weight excluding hydrogens is 1010 g/mol. The van der Waals surface area contributed by atoms with Crippen molar-refractivity contribution in [1.82, 2.24) is 0 Å². The lowest BCUT2D eigenvalue weighted by Crippen LogP contribution is -2.58. The fourth-order valence-electron chi connectivity index (χ4n) is 12.8. The topological polar surface area (TPSA) is 18.5 Å². The van der Waals surface area contributed by atoms with E-state index in [1.54, 1.807) is 0 Å². The van der Waals surface area contributed by atoms with Gasteiger partial charge >= 0.3 is 0 Å². The van der Waals surface area contributed by atoms with Crippen molar-refractivity contribution in [3.8, 4) is 0 Å². The summed E-state index contributed by atoms with van der Waals surface area (Å²) in [7, 11) is 0. The predicted octanol–water partition coefficient (Wildman–Crippen LogP) is 15.8. The Hall–Kier alpha value is -4.08. The van der Waals surface area contributed by atoms with Gasteiger partial charge in [0.1, 0.15) is 16.8 Å². The van der Waals surface area contributed by atoms with Crippen LogP contribution in [0, 0.1) is 35.5 Å². The lowest BCUT2D eigenvalue weighted by molar-refractivity contribution is -0.165. The van der Waals surface area contributed by atoms with E-state index in [-0.39, 0.29) is 12.0 Å². The molecule has 0 radical (unpaired) electrons. The molecule has 0 N–H and O–H groups in total. The Labute approximate surface area is 408 Å². The molecule has 0 amide bonds. The number of benzene rings is 6. The van der Waals surface area contributed by atoms with Crippen LogP contribution in [-0.2, 0) is 20.7 Å². The molecule has 0 spiro atoms. The first-order chi connectivity index (χ1) is 31.5. The second-order valence-corrected chi connectivity index (χ2v) is 20.7. The normalized spacial score (nSPS) is 24.7. The average molecular weight is 1060 g/mol. The van der Waals surface area contributed by atoms with Gasteiger partial charge in [0.2, 0.25) is 0 Å². The zero-order valence-corrected chi connectivity index (χ0v) is 40.8. The Kier molecular flexibility index (Phi) is 13.3. The molecule has 6 aromatic carbocycles. The molecule has 0 aliphatic heterocycles. The number of halogens is 2. The van der Waals surface area contributed by atoms with Crippen LogP contribution in [0.2, 0.25) is 0 Å². The van der Waals surface area contributed by atoms with Crippen LogP contribution in [0.1, 0.15) is 84.7 Å². The quantitative estimate of drug-likeness (QED) is 0.0580. The van der Waals surface area contributed by atoms with Crippen LogP contribution < -0.4 is 0 Å². The first kappa shape index (κ1) is 43.8. The lowest BCUT2D eigenvalue weighted by Gasteiger charge is -2.60. The van der Waals surface area contributed by atoms with E-state index in [1.165, 1.54) is 35.7 Å². The molecule has 3 unspecified atom stereocenters. The monoisotopic (exact) mass is 1060 g/mol. The smallest absolute Gasteiger partial charge is 0.145 e. The molecule has 0 aromatic heterocycles. The highest BCUT2D eigenvalue weighted by Crippen LogP contribution is 2.63. The van der Waals surface area contributed by atoms with Crippen molar-refractivity contribution >= 4 is 45.2 Å². The largest absolute Gasteiger partial charge is 0.353 e. The first-order valence-electron chi connectivity index (χ1n) is 23.6. The Morgan fingerprint density at radius 3 is 1.27 bits per heavy atom. The van der Waals surface area contributed by atoms with Gasteiger partial charge in [-0.3, -0.25) is 0 Å². The molecule has 5 aliphatic rings. The highest BCUT2D eigenvalue weighted by molar-refractivity contribution is 14.1. The minimum absolute atomic E-state index is 0.250. The summed E-state index contributed by atoms with van der Waals surface area (Å²) in [5.74, 6) is 3.31. The van der Waals surface area contributed by atoms with Gasteiger partial charge in [-0.05, 0) is 153 Å². The molecular formula is C60H58I2O2. The van der Waals surface area contributed by atoms with E-state index >= 15 is 0 Å². The van der Waals surface area contributed by atoms with Gasteiger partial charge in [0, 0.05) is 9.50 Å². The Morgan fingerprint density at radius 1 is 0.516 bits per heavy atom. The van der Waals surface area contributed by atoms with Crippen LogP contribution in [0.25, 0.3) is 0 Å². The fraction of sp³-hybridized carbons (Fsp3) is 0.300. The first-order valence-corrected chi connectivity index (χ1v) is 25.9. The van der Waals surface area contributed by atoms with Gasteiger partial charge in [-0.25, -0.2) is 0 Å². The number of allylic oxidation sites excluding steroid dienone is 2. The van der Waals surface area contributed by atoms with Crippen molar-refractivity contribution in [1.29, 1.82) is 0 Å². The van der Waals surface area contributed by atoms with Crippen LogP contribution in [0.5, 0.6) is 0 Å². The third-order valence-corrected chi connectivity index (χ3v) is 16.8. The zero-order chi connectivity index (χ0) is 43.4. The highest BCUT2D eigenvalue weighted by Gasteiger charge is 2.59. The van der Waals surface area contributed by atoms with E-state index in [4.69, 9.17) is 9.47 Å². The van der Waals surface area contributed by atoms with Gasteiger partial charge in [0.25, 0.3) is 0 Å². The standard InChI is InChI=1S/C60H58I2O2/c61-37-36-58(57-47-39-44-38-45(41-47)42-48(57)40-44,64-60(52-30-16-5-17-31-52,53-32-18-6-19-33-53)54-34-20-7-21-35-54)56(62)43-55(46-22-8-1-9-23-46)63-59(49-24-10-2-11-25-49,50-26-12-3-13-27-50)51-28-14-4-15-29-51/h1-8,10-21,24-37,43-48,55,57H,9,22-23,38-42H2/b37-36?,56-43+/t44?,45?,46?,47-,48+,55?,57?,58?. The molecule has 4 heteroatoms. The predicted molar refractivity (Wildman–Crippen MR) is 279 cm³/mol. The summed E-state index contributed by atoms with van der Waals surface area (Å²) in [4.78, 5) is 0. The Balaban J connectivity index is 1.23. The second kappa shape index (κ2) is 19.4. The average Bonchev–Trinajstić information content (AvgIpc) is 3.36. The minimum Gasteiger partial charge on any atom is -0.353 e. The van der Waals surface area contributed by atoms with Crippen molar-refractivity contribution in [2.24, 2.45) is 35.5 Å². The maximum Gasteiger partial charge on any atom is 0.145 e. The molecule has 324 valence electrons. The summed E-state index contributed by atoms with van der Waals surface area (Å²) >= 11 is 5.23. The molecule has 11 rings (SSSR count). The van der Waals surface area contributed by atoms with Crippen LogP contribution in [0.3, 0.4) is 0 Å². The van der Waals surface area contributed by atoms with Gasteiger partial charge in [-0.1, -0.05) is 217 Å². The number of hydrogen-bond donors (Lipinski definition) is 0. The van der Waals surface area contributed by atoms with E-state index in [1.807, 2.05) is 0 Å². The zero-order valence-electron chi connectivity index (χ0n) is 36.5. The summed E-state index contributed by atoms with van der Waals surface area (Å²) in [5.41, 5.74) is 4.18. The molecule has 2 nitrogen and oxygen atoms in total. The van der Waals surface area contributed by atoms with Gasteiger partial charge < -0.3 is 9.47 Å². The minimum atomic E-state index is -0.926. The lowest BCUT2D eigenvalue weighted by atomic mass is 9.48. The maximum atomic E-state index is 8.65. The van der Waals surface area contributed by atoms with E-state index in [0.717, 1.165) is 64.5 Å². The van der Waals surface area contributed by atoms with E-state index < -0.39 is 16.8 Å². The van der Waals surface area contributed by atoms with Crippen molar-refractivity contribution in [3.05, 3.63) is 247 Å². The fourth-order valence-corrected chi connectivity index (χ4v) is 14.3. The second-order valence-electron chi connectivity index (χ2n) is 18.8. The summed E-state index contributed by atoms with van der Waals surface area (Å²) < 4.78 is 20.3. The molecule has 4 fully saturated rings. The number of hydrogen-bond acceptors (Lipinski definition) is 2. The van der Waals surface area contributed by atoms with Crippen molar-refractivity contribution < 1.29 is 9.47 Å². The third-order valence-electron chi connectivity index (χ3n) is 15.2. The van der Waals surface area contributed by atoms with Crippen molar-refractivity contribution in [2.75, 3.05) is 0 Å². The summed E-state index contributed by atoms with van der Waals surface area (Å²) in [6.45, 7) is 0. The molecule has 4 saturated carbocycles. The molecule has 4 bridgehead atoms.